The summed E-state index contributed by atoms with van der Waals surface area (Å²) in [6.07, 6.45) is 6.65. The fourth-order valence-corrected chi connectivity index (χ4v) is 3.01. The van der Waals surface area contributed by atoms with E-state index in [1.165, 1.54) is 0 Å². The second-order valence-corrected chi connectivity index (χ2v) is 5.54. The van der Waals surface area contributed by atoms with Crippen LogP contribution in [0.2, 0.25) is 0 Å². The molecule has 0 bridgehead atoms. The van der Waals surface area contributed by atoms with Gasteiger partial charge in [-0.05, 0) is 44.9 Å². The molecule has 0 unspecified atom stereocenters. The van der Waals surface area contributed by atoms with Gasteiger partial charge in [-0.25, -0.2) is 0 Å². The van der Waals surface area contributed by atoms with Crippen LogP contribution in [0.4, 0.5) is 0 Å². The number of likely N-dealkylation sites (N-methyl/N-ethyl adjacent to an activating group) is 1. The molecule has 1 aliphatic carbocycles. The molecule has 0 aliphatic heterocycles. The number of aromatic nitrogens is 1. The third kappa shape index (κ3) is 3.32. The Kier molecular flexibility index (Phi) is 4.91. The maximum atomic E-state index is 6.08. The summed E-state index contributed by atoms with van der Waals surface area (Å²) in [5.41, 5.74) is 7.28. The molecule has 4 nitrogen and oxygen atoms in total. The molecule has 19 heavy (non-hydrogen) atoms. The van der Waals surface area contributed by atoms with Gasteiger partial charge in [0.2, 0.25) is 0 Å². The number of rotatable bonds is 5. The van der Waals surface area contributed by atoms with E-state index in [0.717, 1.165) is 37.9 Å². The standard InChI is InChI=1S/C15H25N3O/c1-18(11-13-5-3-4-10-17-13)15(12-16)8-6-14(19-2)7-9-15/h3-5,10,14H,6-9,11-12,16H2,1-2H3. The minimum atomic E-state index is 0.104. The first-order valence-electron chi connectivity index (χ1n) is 7.04. The molecule has 1 saturated carbocycles. The van der Waals surface area contributed by atoms with E-state index in [0.29, 0.717) is 12.6 Å². The van der Waals surface area contributed by atoms with Gasteiger partial charge in [0.05, 0.1) is 11.8 Å². The number of ether oxygens (including phenoxy) is 1. The van der Waals surface area contributed by atoms with Gasteiger partial charge >= 0.3 is 0 Å². The van der Waals surface area contributed by atoms with E-state index in [1.807, 2.05) is 18.3 Å². The van der Waals surface area contributed by atoms with Crippen LogP contribution in [0.25, 0.3) is 0 Å². The first-order chi connectivity index (χ1) is 9.20. The van der Waals surface area contributed by atoms with Crippen molar-refractivity contribution in [2.75, 3.05) is 20.7 Å². The smallest absolute Gasteiger partial charge is 0.0572 e. The van der Waals surface area contributed by atoms with Crippen molar-refractivity contribution in [3.05, 3.63) is 30.1 Å². The third-order valence-electron chi connectivity index (χ3n) is 4.51. The van der Waals surface area contributed by atoms with Crippen molar-refractivity contribution in [1.82, 2.24) is 9.88 Å². The van der Waals surface area contributed by atoms with Crippen molar-refractivity contribution >= 4 is 0 Å². The van der Waals surface area contributed by atoms with Crippen LogP contribution in [0.5, 0.6) is 0 Å². The summed E-state index contributed by atoms with van der Waals surface area (Å²) in [4.78, 5) is 6.78. The van der Waals surface area contributed by atoms with Crippen molar-refractivity contribution in [3.63, 3.8) is 0 Å². The van der Waals surface area contributed by atoms with Crippen LogP contribution in [0.1, 0.15) is 31.4 Å². The molecular weight excluding hydrogens is 238 g/mol. The average molecular weight is 263 g/mol. The predicted molar refractivity (Wildman–Crippen MR) is 76.8 cm³/mol. The Hall–Kier alpha value is -0.970. The number of hydrogen-bond acceptors (Lipinski definition) is 4. The quantitative estimate of drug-likeness (QED) is 0.880. The van der Waals surface area contributed by atoms with E-state index in [9.17, 15) is 0 Å². The van der Waals surface area contributed by atoms with Crippen molar-refractivity contribution in [1.29, 1.82) is 0 Å². The van der Waals surface area contributed by atoms with E-state index in [4.69, 9.17) is 10.5 Å². The molecule has 4 heteroatoms. The lowest BCUT2D eigenvalue weighted by Crippen LogP contribution is -2.54. The maximum Gasteiger partial charge on any atom is 0.0572 e. The first-order valence-corrected chi connectivity index (χ1v) is 7.04. The van der Waals surface area contributed by atoms with Crippen LogP contribution in [-0.2, 0) is 11.3 Å². The molecule has 0 saturated heterocycles. The maximum absolute atomic E-state index is 6.08. The second-order valence-electron chi connectivity index (χ2n) is 5.54. The number of nitrogens with two attached hydrogens (primary N) is 1. The van der Waals surface area contributed by atoms with Gasteiger partial charge in [-0.15, -0.1) is 0 Å². The summed E-state index contributed by atoms with van der Waals surface area (Å²) in [5.74, 6) is 0. The summed E-state index contributed by atoms with van der Waals surface area (Å²) in [6, 6.07) is 6.06. The Morgan fingerprint density at radius 1 is 1.42 bits per heavy atom. The number of pyridine rings is 1. The zero-order valence-corrected chi connectivity index (χ0v) is 12.0. The molecule has 1 heterocycles. The van der Waals surface area contributed by atoms with Crippen molar-refractivity contribution in [2.45, 2.75) is 43.9 Å². The largest absolute Gasteiger partial charge is 0.381 e. The molecule has 1 aromatic rings. The zero-order chi connectivity index (χ0) is 13.7. The highest BCUT2D eigenvalue weighted by Gasteiger charge is 2.37. The monoisotopic (exact) mass is 263 g/mol. The topological polar surface area (TPSA) is 51.4 Å². The molecule has 0 atom stereocenters. The lowest BCUT2D eigenvalue weighted by molar-refractivity contribution is 0.000110. The Morgan fingerprint density at radius 3 is 2.68 bits per heavy atom. The molecule has 0 aromatic carbocycles. The van der Waals surface area contributed by atoms with Gasteiger partial charge in [-0.3, -0.25) is 9.88 Å². The highest BCUT2D eigenvalue weighted by molar-refractivity contribution is 5.05. The summed E-state index contributed by atoms with van der Waals surface area (Å²) in [5, 5.41) is 0. The Labute approximate surface area is 116 Å². The molecule has 1 aromatic heterocycles. The van der Waals surface area contributed by atoms with E-state index in [1.54, 1.807) is 7.11 Å². The minimum absolute atomic E-state index is 0.104. The van der Waals surface area contributed by atoms with E-state index >= 15 is 0 Å². The van der Waals surface area contributed by atoms with Gasteiger partial charge in [0.25, 0.3) is 0 Å². The van der Waals surface area contributed by atoms with Crippen LogP contribution in [-0.4, -0.2) is 42.2 Å². The van der Waals surface area contributed by atoms with Gasteiger partial charge in [-0.1, -0.05) is 6.07 Å². The third-order valence-corrected chi connectivity index (χ3v) is 4.51. The van der Waals surface area contributed by atoms with E-state index in [2.05, 4.69) is 23.0 Å². The second kappa shape index (κ2) is 6.46. The van der Waals surface area contributed by atoms with Crippen LogP contribution in [0, 0.1) is 0 Å². The highest BCUT2D eigenvalue weighted by atomic mass is 16.5. The fraction of sp³-hybridized carbons (Fsp3) is 0.667. The summed E-state index contributed by atoms with van der Waals surface area (Å²) in [7, 11) is 3.96. The molecule has 0 amide bonds. The average Bonchev–Trinajstić information content (AvgIpc) is 2.48. The molecule has 0 spiro atoms. The normalized spacial score (nSPS) is 27.7. The lowest BCUT2D eigenvalue weighted by Gasteiger charge is -2.45. The molecule has 1 fully saturated rings. The van der Waals surface area contributed by atoms with Gasteiger partial charge in [0.1, 0.15) is 0 Å². The zero-order valence-electron chi connectivity index (χ0n) is 12.0. The summed E-state index contributed by atoms with van der Waals surface area (Å²) < 4.78 is 5.46. The fourth-order valence-electron chi connectivity index (χ4n) is 3.01. The number of nitrogens with zero attached hydrogens (tertiary/aromatic N) is 2. The minimum Gasteiger partial charge on any atom is -0.381 e. The molecule has 2 rings (SSSR count). The van der Waals surface area contributed by atoms with E-state index in [-0.39, 0.29) is 5.54 Å². The highest BCUT2D eigenvalue weighted by Crippen LogP contribution is 2.34. The number of hydrogen-bond donors (Lipinski definition) is 1. The van der Waals surface area contributed by atoms with Gasteiger partial charge in [0, 0.05) is 31.9 Å². The van der Waals surface area contributed by atoms with Crippen LogP contribution < -0.4 is 5.73 Å². The van der Waals surface area contributed by atoms with E-state index < -0.39 is 0 Å². The number of methoxy groups -OCH3 is 1. The van der Waals surface area contributed by atoms with Crippen LogP contribution >= 0.6 is 0 Å². The van der Waals surface area contributed by atoms with Crippen molar-refractivity contribution in [2.24, 2.45) is 5.73 Å². The van der Waals surface area contributed by atoms with Crippen molar-refractivity contribution < 1.29 is 4.74 Å². The lowest BCUT2D eigenvalue weighted by atomic mass is 9.79. The van der Waals surface area contributed by atoms with Crippen LogP contribution in [0.3, 0.4) is 0 Å². The molecule has 106 valence electrons. The SMILES string of the molecule is COC1CCC(CN)(N(C)Cc2ccccn2)CC1. The van der Waals surface area contributed by atoms with Gasteiger partial charge in [0.15, 0.2) is 0 Å². The molecular formula is C15H25N3O. The predicted octanol–water partition coefficient (Wildman–Crippen LogP) is 1.80. The summed E-state index contributed by atoms with van der Waals surface area (Å²) >= 11 is 0. The molecule has 2 N–H and O–H groups in total. The summed E-state index contributed by atoms with van der Waals surface area (Å²) in [6.45, 7) is 1.56. The molecule has 1 aliphatic rings. The van der Waals surface area contributed by atoms with Gasteiger partial charge < -0.3 is 10.5 Å². The van der Waals surface area contributed by atoms with Crippen LogP contribution in [0.15, 0.2) is 24.4 Å². The Balaban J connectivity index is 2.01. The Bertz CT molecular complexity index is 374. The van der Waals surface area contributed by atoms with Crippen molar-refractivity contribution in [3.8, 4) is 0 Å². The van der Waals surface area contributed by atoms with Gasteiger partial charge in [-0.2, -0.15) is 0 Å². The molecule has 0 radical (unpaired) electrons. The first kappa shape index (κ1) is 14.4. The Morgan fingerprint density at radius 2 is 2.16 bits per heavy atom.